The topological polar surface area (TPSA) is 30.7 Å². The fraction of sp³-hybridized carbons (Fsp3) is 0. The fourth-order valence-corrected chi connectivity index (χ4v) is 13.5. The Bertz CT molecular complexity index is 4870. The Labute approximate surface area is 503 Å². The van der Waals surface area contributed by atoms with Gasteiger partial charge in [-0.1, -0.05) is 212 Å². The summed E-state index contributed by atoms with van der Waals surface area (Å²) in [4.78, 5) is 11.1. The fourth-order valence-electron chi connectivity index (χ4n) is 12.5. The van der Waals surface area contributed by atoms with Gasteiger partial charge in [-0.15, -0.1) is 11.3 Å². The maximum Gasteiger partial charge on any atom is 0.160 e. The monoisotopic (exact) mass is 1110 g/mol. The molecule has 402 valence electrons. The van der Waals surface area contributed by atoms with Crippen molar-refractivity contribution in [3.63, 3.8) is 0 Å². The maximum absolute atomic E-state index is 5.57. The highest BCUT2D eigenvalue weighted by atomic mass is 32.1. The van der Waals surface area contributed by atoms with E-state index in [0.29, 0.717) is 5.82 Å². The highest BCUT2D eigenvalue weighted by Crippen LogP contribution is 2.43. The molecule has 3 aromatic heterocycles. The molecule has 0 N–H and O–H groups in total. The van der Waals surface area contributed by atoms with Crippen LogP contribution in [0.5, 0.6) is 0 Å². The van der Waals surface area contributed by atoms with Crippen LogP contribution in [0.15, 0.2) is 322 Å². The zero-order valence-corrected chi connectivity index (χ0v) is 47.7. The van der Waals surface area contributed by atoms with E-state index in [1.807, 2.05) is 11.3 Å². The van der Waals surface area contributed by atoms with Crippen LogP contribution >= 0.6 is 11.3 Å². The van der Waals surface area contributed by atoms with E-state index in [9.17, 15) is 0 Å². The third kappa shape index (κ3) is 9.54. The molecular weight excluding hydrogens is 1060 g/mol. The molecule has 0 aliphatic heterocycles. The third-order valence-electron chi connectivity index (χ3n) is 16.7. The first kappa shape index (κ1) is 50.7. The Morgan fingerprint density at radius 3 is 0.965 bits per heavy atom. The molecule has 16 aromatic rings. The molecule has 0 saturated heterocycles. The van der Waals surface area contributed by atoms with E-state index in [-0.39, 0.29) is 0 Å². The molecule has 0 atom stereocenters. The Morgan fingerprint density at radius 1 is 0.209 bits per heavy atom. The second-order valence-electron chi connectivity index (χ2n) is 22.1. The molecule has 4 heteroatoms. The first-order valence-electron chi connectivity index (χ1n) is 29.3. The van der Waals surface area contributed by atoms with Crippen LogP contribution in [0.25, 0.3) is 159 Å². The number of thiophene rings is 1. The van der Waals surface area contributed by atoms with Gasteiger partial charge in [0.25, 0.3) is 0 Å². The average Bonchev–Trinajstić information content (AvgIpc) is 3.13. The zero-order valence-electron chi connectivity index (χ0n) is 46.8. The SMILES string of the molecule is c1ccc(-c2cc(-c3ccccc3)cc(-c3cc(-c4cc(-c5ccccc5)cc(-c5ccccc5)c4)nc(-c4ccc5sc6ccc(-c7ccc8c(c7)c7ccccc7n8-c7cc(-c8ccccc8)cc(-c8ccccc8)c7)cc6c5c4)n3)c2)cc1. The van der Waals surface area contributed by atoms with E-state index in [1.165, 1.54) is 75.4 Å². The molecule has 0 spiro atoms. The summed E-state index contributed by atoms with van der Waals surface area (Å²) in [5, 5.41) is 4.82. The van der Waals surface area contributed by atoms with Crippen LogP contribution in [0.1, 0.15) is 0 Å². The average molecular weight is 1110 g/mol. The lowest BCUT2D eigenvalue weighted by molar-refractivity contribution is 1.18. The van der Waals surface area contributed by atoms with Gasteiger partial charge in [0.2, 0.25) is 0 Å². The molecule has 0 bridgehead atoms. The molecule has 0 fully saturated rings. The summed E-state index contributed by atoms with van der Waals surface area (Å²) in [6, 6.07) is 117. The molecule has 0 amide bonds. The van der Waals surface area contributed by atoms with E-state index >= 15 is 0 Å². The predicted octanol–water partition coefficient (Wildman–Crippen LogP) is 22.6. The Kier molecular flexibility index (Phi) is 12.7. The predicted molar refractivity (Wildman–Crippen MR) is 364 cm³/mol. The van der Waals surface area contributed by atoms with Crippen molar-refractivity contribution >= 4 is 53.3 Å². The van der Waals surface area contributed by atoms with Crippen molar-refractivity contribution < 1.29 is 0 Å². The highest BCUT2D eigenvalue weighted by molar-refractivity contribution is 7.25. The minimum absolute atomic E-state index is 0.666. The van der Waals surface area contributed by atoms with Crippen molar-refractivity contribution in [3.05, 3.63) is 322 Å². The summed E-state index contributed by atoms with van der Waals surface area (Å²) in [5.41, 5.74) is 24.3. The maximum atomic E-state index is 5.57. The van der Waals surface area contributed by atoms with Crippen molar-refractivity contribution in [1.82, 2.24) is 14.5 Å². The number of nitrogens with zero attached hydrogens (tertiary/aromatic N) is 3. The van der Waals surface area contributed by atoms with Crippen LogP contribution in [0.2, 0.25) is 0 Å². The van der Waals surface area contributed by atoms with E-state index in [0.717, 1.165) is 78.3 Å². The Hall–Kier alpha value is -11.0. The van der Waals surface area contributed by atoms with Gasteiger partial charge in [0.1, 0.15) is 0 Å². The second kappa shape index (κ2) is 21.6. The Morgan fingerprint density at radius 2 is 0.535 bits per heavy atom. The lowest BCUT2D eigenvalue weighted by Gasteiger charge is -2.15. The summed E-state index contributed by atoms with van der Waals surface area (Å²) in [5.74, 6) is 0.666. The standard InChI is InChI=1S/C82H53N3S/c1-7-21-54(22-8-1)63-41-64(55-23-9-2-10-24-55)45-69(44-63)76-53-77(70-46-65(56-25-11-3-12-26-56)42-66(47-70)57-27-13-4-14-28-57)84-82(83-76)62-37-40-81-75(52-62)74-51-61(36-39-80(74)86-81)60-35-38-79-73(50-60)72-33-19-20-34-78(72)85(79)71-48-67(58-29-15-5-16-30-58)43-68(49-71)59-31-17-6-18-32-59/h1-53H. The van der Waals surface area contributed by atoms with Crippen molar-refractivity contribution in [2.45, 2.75) is 0 Å². The van der Waals surface area contributed by atoms with E-state index in [2.05, 4.69) is 326 Å². The number of fused-ring (bicyclic) bond motifs is 6. The molecule has 16 rings (SSSR count). The summed E-state index contributed by atoms with van der Waals surface area (Å²) in [6.45, 7) is 0. The van der Waals surface area contributed by atoms with E-state index in [4.69, 9.17) is 9.97 Å². The lowest BCUT2D eigenvalue weighted by Crippen LogP contribution is -1.97. The molecule has 0 radical (unpaired) electrons. The lowest BCUT2D eigenvalue weighted by atomic mass is 9.93. The van der Waals surface area contributed by atoms with Crippen LogP contribution < -0.4 is 0 Å². The number of hydrogen-bond acceptors (Lipinski definition) is 3. The third-order valence-corrected chi connectivity index (χ3v) is 17.9. The van der Waals surface area contributed by atoms with Gasteiger partial charge in [0.05, 0.1) is 22.4 Å². The quantitative estimate of drug-likeness (QED) is 0.129. The van der Waals surface area contributed by atoms with Crippen molar-refractivity contribution in [2.75, 3.05) is 0 Å². The molecule has 13 aromatic carbocycles. The Balaban J connectivity index is 0.848. The largest absolute Gasteiger partial charge is 0.309 e. The summed E-state index contributed by atoms with van der Waals surface area (Å²) in [6.07, 6.45) is 0. The van der Waals surface area contributed by atoms with Crippen molar-refractivity contribution in [1.29, 1.82) is 0 Å². The summed E-state index contributed by atoms with van der Waals surface area (Å²) >= 11 is 1.83. The van der Waals surface area contributed by atoms with Crippen LogP contribution in [0.4, 0.5) is 0 Å². The van der Waals surface area contributed by atoms with Gasteiger partial charge in [-0.05, 0) is 187 Å². The van der Waals surface area contributed by atoms with E-state index in [1.54, 1.807) is 0 Å². The van der Waals surface area contributed by atoms with Gasteiger partial charge in [0.15, 0.2) is 5.82 Å². The molecule has 3 heterocycles. The summed E-state index contributed by atoms with van der Waals surface area (Å²) < 4.78 is 4.89. The molecule has 86 heavy (non-hydrogen) atoms. The van der Waals surface area contributed by atoms with Gasteiger partial charge in [-0.2, -0.15) is 0 Å². The minimum Gasteiger partial charge on any atom is -0.309 e. The number of hydrogen-bond donors (Lipinski definition) is 0. The number of aromatic nitrogens is 3. The van der Waals surface area contributed by atoms with Crippen LogP contribution in [0, 0.1) is 0 Å². The van der Waals surface area contributed by atoms with Crippen LogP contribution in [0.3, 0.4) is 0 Å². The van der Waals surface area contributed by atoms with Crippen LogP contribution in [-0.4, -0.2) is 14.5 Å². The first-order valence-corrected chi connectivity index (χ1v) is 30.1. The number of benzene rings is 13. The van der Waals surface area contributed by atoms with Crippen molar-refractivity contribution in [2.24, 2.45) is 0 Å². The van der Waals surface area contributed by atoms with Crippen molar-refractivity contribution in [3.8, 4) is 117 Å². The first-order chi connectivity index (χ1) is 42.6. The molecular formula is C82H53N3S. The van der Waals surface area contributed by atoms with E-state index < -0.39 is 0 Å². The van der Waals surface area contributed by atoms with Crippen LogP contribution in [-0.2, 0) is 0 Å². The molecule has 3 nitrogen and oxygen atoms in total. The molecule has 0 unspecified atom stereocenters. The van der Waals surface area contributed by atoms with Gasteiger partial charge < -0.3 is 4.57 Å². The van der Waals surface area contributed by atoms with Gasteiger partial charge in [-0.25, -0.2) is 9.97 Å². The second-order valence-corrected chi connectivity index (χ2v) is 23.2. The minimum atomic E-state index is 0.666. The number of para-hydroxylation sites is 1. The summed E-state index contributed by atoms with van der Waals surface area (Å²) in [7, 11) is 0. The molecule has 0 saturated carbocycles. The highest BCUT2D eigenvalue weighted by Gasteiger charge is 2.20. The molecule has 0 aliphatic rings. The molecule has 0 aliphatic carbocycles. The van der Waals surface area contributed by atoms with Gasteiger partial charge >= 0.3 is 0 Å². The normalized spacial score (nSPS) is 11.5. The van der Waals surface area contributed by atoms with Gasteiger partial charge in [-0.3, -0.25) is 0 Å². The van der Waals surface area contributed by atoms with Gasteiger partial charge in [0, 0.05) is 53.3 Å². The zero-order chi connectivity index (χ0) is 56.9. The smallest absolute Gasteiger partial charge is 0.160 e. The number of rotatable bonds is 11.